The summed E-state index contributed by atoms with van der Waals surface area (Å²) in [7, 11) is 1.31. The molecule has 0 aliphatic rings. The van der Waals surface area contributed by atoms with Crippen molar-refractivity contribution in [2.24, 2.45) is 0 Å². The number of rotatable bonds is 7. The number of hydrogen-bond acceptors (Lipinski definition) is 3. The van der Waals surface area contributed by atoms with Crippen molar-refractivity contribution in [1.82, 2.24) is 0 Å². The smallest absolute Gasteiger partial charge is 0.329 e. The topological polar surface area (TPSA) is 46.5 Å². The first-order chi connectivity index (χ1) is 7.22. The zero-order valence-electron chi connectivity index (χ0n) is 10.00. The molecule has 0 saturated carbocycles. The lowest BCUT2D eigenvalue weighted by Crippen LogP contribution is -1.91. The highest BCUT2D eigenvalue weighted by molar-refractivity contribution is 5.80. The van der Waals surface area contributed by atoms with Crippen LogP contribution >= 0.6 is 0 Å². The molecule has 0 aliphatic carbocycles. The highest BCUT2D eigenvalue weighted by Crippen LogP contribution is 2.03. The molecule has 90 valence electrons. The summed E-state index contributed by atoms with van der Waals surface area (Å²) in [6.07, 6.45) is 8.61. The molecule has 15 heavy (non-hydrogen) atoms. The summed E-state index contributed by atoms with van der Waals surface area (Å²) in [6.45, 7) is 5.74. The standard InChI is InChI=1S/C8H18O.C4H6O2/c1-2-3-4-5-6-7-8-9;1-3-4(5)6-2/h9H,2-8H2,1H3;3H,1H2,2H3. The van der Waals surface area contributed by atoms with Crippen molar-refractivity contribution >= 4 is 5.97 Å². The van der Waals surface area contributed by atoms with Gasteiger partial charge in [-0.2, -0.15) is 0 Å². The fraction of sp³-hybridized carbons (Fsp3) is 0.750. The second-order valence-electron chi connectivity index (χ2n) is 3.22. The van der Waals surface area contributed by atoms with Crippen LogP contribution in [-0.4, -0.2) is 24.8 Å². The lowest BCUT2D eigenvalue weighted by atomic mass is 10.1. The van der Waals surface area contributed by atoms with Crippen LogP contribution in [0.5, 0.6) is 0 Å². The van der Waals surface area contributed by atoms with Crippen LogP contribution in [0.25, 0.3) is 0 Å². The third kappa shape index (κ3) is 19.5. The van der Waals surface area contributed by atoms with E-state index in [1.807, 2.05) is 0 Å². The number of unbranched alkanes of at least 4 members (excludes halogenated alkanes) is 5. The van der Waals surface area contributed by atoms with Crippen LogP contribution in [-0.2, 0) is 9.53 Å². The minimum absolute atomic E-state index is 0.367. The number of esters is 1. The molecular formula is C12H24O3. The summed E-state index contributed by atoms with van der Waals surface area (Å²) in [4.78, 5) is 9.84. The average Bonchev–Trinajstić information content (AvgIpc) is 2.29. The minimum Gasteiger partial charge on any atom is -0.466 e. The molecule has 3 nitrogen and oxygen atoms in total. The number of aliphatic hydroxyl groups is 1. The summed E-state index contributed by atoms with van der Waals surface area (Å²) in [5, 5.41) is 8.42. The van der Waals surface area contributed by atoms with Gasteiger partial charge in [0.25, 0.3) is 0 Å². The van der Waals surface area contributed by atoms with Crippen LogP contribution < -0.4 is 0 Å². The van der Waals surface area contributed by atoms with Gasteiger partial charge >= 0.3 is 5.97 Å². The van der Waals surface area contributed by atoms with Crippen LogP contribution in [0.4, 0.5) is 0 Å². The van der Waals surface area contributed by atoms with Crippen molar-refractivity contribution in [1.29, 1.82) is 0 Å². The van der Waals surface area contributed by atoms with Crippen molar-refractivity contribution in [3.05, 3.63) is 12.7 Å². The highest BCUT2D eigenvalue weighted by Gasteiger charge is 1.86. The maximum absolute atomic E-state index is 9.84. The van der Waals surface area contributed by atoms with Gasteiger partial charge in [-0.05, 0) is 6.42 Å². The van der Waals surface area contributed by atoms with E-state index < -0.39 is 5.97 Å². The summed E-state index contributed by atoms with van der Waals surface area (Å²) in [6, 6.07) is 0. The summed E-state index contributed by atoms with van der Waals surface area (Å²) in [5.74, 6) is -0.394. The summed E-state index contributed by atoms with van der Waals surface area (Å²) < 4.78 is 4.14. The second kappa shape index (κ2) is 15.6. The lowest BCUT2D eigenvalue weighted by molar-refractivity contribution is -0.134. The first-order valence-corrected chi connectivity index (χ1v) is 5.54. The Bertz CT molecular complexity index is 138. The van der Waals surface area contributed by atoms with Gasteiger partial charge in [0.05, 0.1) is 7.11 Å². The molecule has 0 rings (SSSR count). The van der Waals surface area contributed by atoms with Crippen LogP contribution in [0.3, 0.4) is 0 Å². The van der Waals surface area contributed by atoms with E-state index >= 15 is 0 Å². The number of carbonyl (C=O) groups is 1. The zero-order valence-corrected chi connectivity index (χ0v) is 10.00. The molecule has 3 heteroatoms. The van der Waals surface area contributed by atoms with Gasteiger partial charge in [0, 0.05) is 12.7 Å². The Morgan fingerprint density at radius 2 is 1.80 bits per heavy atom. The van der Waals surface area contributed by atoms with Crippen molar-refractivity contribution in [2.45, 2.75) is 45.4 Å². The molecule has 0 aromatic carbocycles. The monoisotopic (exact) mass is 216 g/mol. The van der Waals surface area contributed by atoms with E-state index in [1.54, 1.807) is 0 Å². The predicted molar refractivity (Wildman–Crippen MR) is 62.7 cm³/mol. The number of aliphatic hydroxyl groups excluding tert-OH is 1. The van der Waals surface area contributed by atoms with Crippen LogP contribution in [0.15, 0.2) is 12.7 Å². The summed E-state index contributed by atoms with van der Waals surface area (Å²) in [5.41, 5.74) is 0. The SMILES string of the molecule is C=CC(=O)OC.CCCCCCCCO. The van der Waals surface area contributed by atoms with Crippen molar-refractivity contribution in [2.75, 3.05) is 13.7 Å². The lowest BCUT2D eigenvalue weighted by Gasteiger charge is -1.95. The van der Waals surface area contributed by atoms with E-state index in [4.69, 9.17) is 5.11 Å². The molecule has 0 radical (unpaired) electrons. The van der Waals surface area contributed by atoms with Gasteiger partial charge in [-0.3, -0.25) is 0 Å². The quantitative estimate of drug-likeness (QED) is 0.404. The number of ether oxygens (including phenoxy) is 1. The minimum atomic E-state index is -0.394. The molecule has 0 fully saturated rings. The molecule has 0 aromatic heterocycles. The Balaban J connectivity index is 0. The van der Waals surface area contributed by atoms with E-state index in [9.17, 15) is 4.79 Å². The third-order valence-electron chi connectivity index (χ3n) is 1.88. The van der Waals surface area contributed by atoms with E-state index in [-0.39, 0.29) is 0 Å². The van der Waals surface area contributed by atoms with Crippen molar-refractivity contribution in [3.8, 4) is 0 Å². The van der Waals surface area contributed by atoms with E-state index in [2.05, 4.69) is 18.2 Å². The number of methoxy groups -OCH3 is 1. The zero-order chi connectivity index (χ0) is 11.9. The first-order valence-electron chi connectivity index (χ1n) is 5.54. The number of hydrogen-bond donors (Lipinski definition) is 1. The summed E-state index contributed by atoms with van der Waals surface area (Å²) >= 11 is 0. The van der Waals surface area contributed by atoms with Crippen LogP contribution in [0, 0.1) is 0 Å². The molecule has 0 unspecified atom stereocenters. The molecule has 0 spiro atoms. The van der Waals surface area contributed by atoms with Crippen molar-refractivity contribution in [3.63, 3.8) is 0 Å². The molecule has 1 N–H and O–H groups in total. The van der Waals surface area contributed by atoms with E-state index in [1.165, 1.54) is 39.2 Å². The molecule has 0 heterocycles. The molecule has 0 amide bonds. The fourth-order valence-electron chi connectivity index (χ4n) is 0.975. The van der Waals surface area contributed by atoms with Crippen LogP contribution in [0.2, 0.25) is 0 Å². The van der Waals surface area contributed by atoms with Crippen molar-refractivity contribution < 1.29 is 14.6 Å². The highest BCUT2D eigenvalue weighted by atomic mass is 16.5. The molecule has 0 aromatic rings. The van der Waals surface area contributed by atoms with Gasteiger partial charge in [0.15, 0.2) is 0 Å². The van der Waals surface area contributed by atoms with E-state index in [0.29, 0.717) is 6.61 Å². The Hall–Kier alpha value is -0.830. The van der Waals surface area contributed by atoms with Gasteiger partial charge in [-0.15, -0.1) is 0 Å². The van der Waals surface area contributed by atoms with Gasteiger partial charge in [-0.1, -0.05) is 45.6 Å². The van der Waals surface area contributed by atoms with Gasteiger partial charge < -0.3 is 9.84 Å². The molecule has 0 atom stereocenters. The maximum Gasteiger partial charge on any atom is 0.329 e. The van der Waals surface area contributed by atoms with Gasteiger partial charge in [0.2, 0.25) is 0 Å². The molecule has 0 saturated heterocycles. The van der Waals surface area contributed by atoms with Crippen LogP contribution in [0.1, 0.15) is 45.4 Å². The number of carbonyl (C=O) groups excluding carboxylic acids is 1. The fourth-order valence-corrected chi connectivity index (χ4v) is 0.975. The molecule has 0 bridgehead atoms. The maximum atomic E-state index is 9.84. The normalized spacial score (nSPS) is 8.73. The Labute approximate surface area is 93.1 Å². The Morgan fingerprint density at radius 3 is 2.13 bits per heavy atom. The largest absolute Gasteiger partial charge is 0.466 e. The van der Waals surface area contributed by atoms with Gasteiger partial charge in [0.1, 0.15) is 0 Å². The average molecular weight is 216 g/mol. The first kappa shape index (κ1) is 16.6. The Kier molecular flexibility index (Phi) is 17.3. The van der Waals surface area contributed by atoms with E-state index in [0.717, 1.165) is 12.5 Å². The van der Waals surface area contributed by atoms with Gasteiger partial charge in [-0.25, -0.2) is 4.79 Å². The second-order valence-corrected chi connectivity index (χ2v) is 3.22. The molecular weight excluding hydrogens is 192 g/mol. The predicted octanol–water partition coefficient (Wildman–Crippen LogP) is 2.68. The molecule has 0 aliphatic heterocycles. The Morgan fingerprint density at radius 1 is 1.27 bits per heavy atom. The third-order valence-corrected chi connectivity index (χ3v) is 1.88.